The molecule has 1 aliphatic rings. The highest BCUT2D eigenvalue weighted by Crippen LogP contribution is 2.27. The number of pyridine rings is 2. The summed E-state index contributed by atoms with van der Waals surface area (Å²) < 4.78 is 0. The van der Waals surface area contributed by atoms with Crippen LogP contribution in [0.4, 0.5) is 16.4 Å². The average molecular weight is 354 g/mol. The lowest BCUT2D eigenvalue weighted by atomic mass is 10.1. The molecule has 1 aliphatic carbocycles. The van der Waals surface area contributed by atoms with E-state index in [0.717, 1.165) is 35.9 Å². The van der Waals surface area contributed by atoms with Crippen molar-refractivity contribution in [3.8, 4) is 6.07 Å². The molecule has 2 heterocycles. The molecule has 8 heteroatoms. The molecule has 2 atom stereocenters. The first kappa shape index (κ1) is 17.7. The normalized spacial score (nSPS) is 19.3. The van der Waals surface area contributed by atoms with Crippen molar-refractivity contribution in [2.75, 3.05) is 10.6 Å². The minimum Gasteiger partial charge on any atom is -0.465 e. The lowest BCUT2D eigenvalue weighted by Crippen LogP contribution is -2.32. The van der Waals surface area contributed by atoms with E-state index < -0.39 is 6.09 Å². The predicted octanol–water partition coefficient (Wildman–Crippen LogP) is 2.92. The molecule has 8 nitrogen and oxygen atoms in total. The number of nitriles is 1. The maximum Gasteiger partial charge on any atom is 0.404 e. The van der Waals surface area contributed by atoms with Gasteiger partial charge in [0.05, 0.1) is 0 Å². The van der Waals surface area contributed by atoms with E-state index in [1.807, 2.05) is 19.9 Å². The molecule has 0 aliphatic heterocycles. The predicted molar refractivity (Wildman–Crippen MR) is 99.2 cm³/mol. The smallest absolute Gasteiger partial charge is 0.404 e. The Labute approximate surface area is 151 Å². The largest absolute Gasteiger partial charge is 0.465 e. The Balaban J connectivity index is 1.82. The first-order valence-electron chi connectivity index (χ1n) is 8.68. The zero-order valence-electron chi connectivity index (χ0n) is 14.8. The van der Waals surface area contributed by atoms with Gasteiger partial charge in [-0.15, -0.1) is 0 Å². The Kier molecular flexibility index (Phi) is 5.07. The SMILES string of the molecule is CC(C)Nc1nc(C#N)cc2cnc(N[C@@H]3CC[C@@H](NC(=O)O)C3)cc12. The summed E-state index contributed by atoms with van der Waals surface area (Å²) in [4.78, 5) is 19.6. The van der Waals surface area contributed by atoms with Crippen LogP contribution in [0.3, 0.4) is 0 Å². The molecule has 136 valence electrons. The number of hydrogen-bond acceptors (Lipinski definition) is 6. The van der Waals surface area contributed by atoms with E-state index in [4.69, 9.17) is 10.4 Å². The van der Waals surface area contributed by atoms with Crippen LogP contribution < -0.4 is 16.0 Å². The lowest BCUT2D eigenvalue weighted by molar-refractivity contribution is 0.190. The van der Waals surface area contributed by atoms with Gasteiger partial charge in [0, 0.05) is 35.1 Å². The van der Waals surface area contributed by atoms with Crippen LogP contribution in [0, 0.1) is 11.3 Å². The van der Waals surface area contributed by atoms with E-state index in [2.05, 4.69) is 32.0 Å². The van der Waals surface area contributed by atoms with Crippen molar-refractivity contribution in [2.24, 2.45) is 0 Å². The molecule has 0 spiro atoms. The Morgan fingerprint density at radius 1 is 1.35 bits per heavy atom. The zero-order chi connectivity index (χ0) is 18.7. The third-order valence-corrected chi connectivity index (χ3v) is 4.37. The van der Waals surface area contributed by atoms with Gasteiger partial charge in [0.25, 0.3) is 0 Å². The number of carbonyl (C=O) groups is 1. The van der Waals surface area contributed by atoms with Gasteiger partial charge in [0.2, 0.25) is 0 Å². The zero-order valence-corrected chi connectivity index (χ0v) is 14.8. The molecular formula is C18H22N6O2. The molecule has 1 fully saturated rings. The summed E-state index contributed by atoms with van der Waals surface area (Å²) in [5.41, 5.74) is 0.349. The van der Waals surface area contributed by atoms with Gasteiger partial charge >= 0.3 is 6.09 Å². The van der Waals surface area contributed by atoms with Crippen LogP contribution in [-0.4, -0.2) is 39.3 Å². The fourth-order valence-electron chi connectivity index (χ4n) is 3.29. The average Bonchev–Trinajstić information content (AvgIpc) is 3.00. The quantitative estimate of drug-likeness (QED) is 0.651. The number of nitrogens with one attached hydrogen (secondary N) is 3. The van der Waals surface area contributed by atoms with E-state index >= 15 is 0 Å². The molecule has 0 aromatic carbocycles. The topological polar surface area (TPSA) is 123 Å². The lowest BCUT2D eigenvalue weighted by Gasteiger charge is -2.16. The highest BCUT2D eigenvalue weighted by atomic mass is 16.4. The number of carboxylic acid groups (broad SMARTS) is 1. The van der Waals surface area contributed by atoms with Gasteiger partial charge in [0.1, 0.15) is 23.4 Å². The highest BCUT2D eigenvalue weighted by Gasteiger charge is 2.26. The number of fused-ring (bicyclic) bond motifs is 1. The van der Waals surface area contributed by atoms with E-state index in [9.17, 15) is 4.79 Å². The van der Waals surface area contributed by atoms with Crippen molar-refractivity contribution in [1.82, 2.24) is 15.3 Å². The summed E-state index contributed by atoms with van der Waals surface area (Å²) in [5.74, 6) is 1.38. The molecule has 1 saturated carbocycles. The van der Waals surface area contributed by atoms with Crippen LogP contribution in [0.2, 0.25) is 0 Å². The van der Waals surface area contributed by atoms with Gasteiger partial charge in [-0.05, 0) is 45.2 Å². The third kappa shape index (κ3) is 4.11. The molecule has 26 heavy (non-hydrogen) atoms. The Morgan fingerprint density at radius 3 is 2.81 bits per heavy atom. The second-order valence-corrected chi connectivity index (χ2v) is 6.86. The molecule has 2 aromatic rings. The maximum absolute atomic E-state index is 10.8. The van der Waals surface area contributed by atoms with E-state index in [1.165, 1.54) is 0 Å². The number of rotatable bonds is 5. The summed E-state index contributed by atoms with van der Waals surface area (Å²) in [7, 11) is 0. The summed E-state index contributed by atoms with van der Waals surface area (Å²) in [6, 6.07) is 6.05. The summed E-state index contributed by atoms with van der Waals surface area (Å²) >= 11 is 0. The molecule has 4 N–H and O–H groups in total. The second kappa shape index (κ2) is 7.44. The first-order valence-corrected chi connectivity index (χ1v) is 8.68. The van der Waals surface area contributed by atoms with Gasteiger partial charge in [-0.1, -0.05) is 0 Å². The van der Waals surface area contributed by atoms with Crippen LogP contribution in [0.25, 0.3) is 10.8 Å². The van der Waals surface area contributed by atoms with Crippen molar-refractivity contribution in [3.05, 3.63) is 24.0 Å². The number of amides is 1. The molecule has 0 bridgehead atoms. The number of nitrogens with zero attached hydrogens (tertiary/aromatic N) is 3. The van der Waals surface area contributed by atoms with Crippen molar-refractivity contribution in [3.63, 3.8) is 0 Å². The minimum atomic E-state index is -0.983. The van der Waals surface area contributed by atoms with Crippen molar-refractivity contribution >= 4 is 28.5 Å². The fourth-order valence-corrected chi connectivity index (χ4v) is 3.29. The standard InChI is InChI=1S/C18H22N6O2/c1-10(2)21-17-15-7-16(20-9-11(15)5-14(8-19)23-17)22-12-3-4-13(6-12)24-18(25)26/h5,7,9-10,12-13,24H,3-4,6H2,1-2H3,(H,20,22)(H,21,23)(H,25,26)/t12-,13-/m1/s1. The van der Waals surface area contributed by atoms with Gasteiger partial charge in [-0.2, -0.15) is 5.26 Å². The molecule has 1 amide bonds. The first-order chi connectivity index (χ1) is 12.4. The monoisotopic (exact) mass is 354 g/mol. The highest BCUT2D eigenvalue weighted by molar-refractivity contribution is 5.93. The second-order valence-electron chi connectivity index (χ2n) is 6.86. The van der Waals surface area contributed by atoms with Gasteiger partial charge in [0.15, 0.2) is 0 Å². The Hall–Kier alpha value is -3.08. The van der Waals surface area contributed by atoms with Crippen molar-refractivity contribution in [1.29, 1.82) is 5.26 Å². The Morgan fingerprint density at radius 2 is 2.12 bits per heavy atom. The number of anilines is 2. The van der Waals surface area contributed by atoms with Crippen LogP contribution in [0.15, 0.2) is 18.3 Å². The molecule has 0 radical (unpaired) electrons. The molecule has 0 unspecified atom stereocenters. The molecular weight excluding hydrogens is 332 g/mol. The van der Waals surface area contributed by atoms with Crippen molar-refractivity contribution < 1.29 is 9.90 Å². The number of hydrogen-bond donors (Lipinski definition) is 4. The van der Waals surface area contributed by atoms with Crippen LogP contribution >= 0.6 is 0 Å². The molecule has 0 saturated heterocycles. The maximum atomic E-state index is 10.8. The van der Waals surface area contributed by atoms with Crippen LogP contribution in [0.1, 0.15) is 38.8 Å². The molecule has 2 aromatic heterocycles. The fraction of sp³-hybridized carbons (Fsp3) is 0.444. The van der Waals surface area contributed by atoms with E-state index in [1.54, 1.807) is 12.3 Å². The van der Waals surface area contributed by atoms with E-state index in [-0.39, 0.29) is 18.1 Å². The molecule has 3 rings (SSSR count). The minimum absolute atomic E-state index is 0.0246. The third-order valence-electron chi connectivity index (χ3n) is 4.37. The van der Waals surface area contributed by atoms with Gasteiger partial charge < -0.3 is 21.1 Å². The Bertz CT molecular complexity index is 861. The number of aromatic nitrogens is 2. The van der Waals surface area contributed by atoms with Gasteiger partial charge in [-0.25, -0.2) is 14.8 Å². The van der Waals surface area contributed by atoms with Crippen LogP contribution in [-0.2, 0) is 0 Å². The summed E-state index contributed by atoms with van der Waals surface area (Å²) in [6.45, 7) is 4.03. The van der Waals surface area contributed by atoms with Crippen molar-refractivity contribution in [2.45, 2.75) is 51.2 Å². The summed E-state index contributed by atoms with van der Waals surface area (Å²) in [6.07, 6.45) is 3.17. The van der Waals surface area contributed by atoms with Gasteiger partial charge in [-0.3, -0.25) is 0 Å². The van der Waals surface area contributed by atoms with Crippen LogP contribution in [0.5, 0.6) is 0 Å². The van der Waals surface area contributed by atoms with E-state index in [0.29, 0.717) is 11.5 Å². The summed E-state index contributed by atoms with van der Waals surface area (Å²) in [5, 5.41) is 28.9.